The molecule has 0 saturated carbocycles. The minimum Gasteiger partial charge on any atom is -0.338 e. The van der Waals surface area contributed by atoms with E-state index in [2.05, 4.69) is 5.32 Å². The minimum atomic E-state index is -0.714. The molecule has 1 heterocycles. The van der Waals surface area contributed by atoms with Crippen molar-refractivity contribution in [2.45, 2.75) is 31.8 Å². The van der Waals surface area contributed by atoms with Crippen LogP contribution in [0.5, 0.6) is 0 Å². The van der Waals surface area contributed by atoms with Gasteiger partial charge in [-0.15, -0.1) is 0 Å². The van der Waals surface area contributed by atoms with Gasteiger partial charge in [0.25, 0.3) is 0 Å². The van der Waals surface area contributed by atoms with Gasteiger partial charge in [-0.25, -0.2) is 0 Å². The smallest absolute Gasteiger partial charge is 0.245 e. The second-order valence-corrected chi connectivity index (χ2v) is 6.35. The van der Waals surface area contributed by atoms with Crippen molar-refractivity contribution in [1.29, 1.82) is 0 Å². The van der Waals surface area contributed by atoms with Gasteiger partial charge in [0.1, 0.15) is 6.04 Å². The number of rotatable bonds is 5. The van der Waals surface area contributed by atoms with Crippen molar-refractivity contribution in [2.24, 2.45) is 5.73 Å². The third kappa shape index (κ3) is 4.45. The van der Waals surface area contributed by atoms with E-state index in [4.69, 9.17) is 5.73 Å². The molecule has 3 rings (SSSR count). The fourth-order valence-corrected chi connectivity index (χ4v) is 3.03. The number of likely N-dealkylation sites (tertiary alicyclic amines) is 1. The van der Waals surface area contributed by atoms with E-state index in [1.807, 2.05) is 59.5 Å². The average Bonchev–Trinajstić information content (AvgIpc) is 2.64. The van der Waals surface area contributed by atoms with Gasteiger partial charge < -0.3 is 16.0 Å². The number of benzene rings is 2. The number of carbonyl (C=O) groups excluding carboxylic acids is 2. The van der Waals surface area contributed by atoms with E-state index in [1.165, 1.54) is 0 Å². The SMILES string of the molecule is NC(C(=O)Nc1cccc(CN2CCCCC2=O)c1)c1ccccc1. The van der Waals surface area contributed by atoms with Gasteiger partial charge in [-0.05, 0) is 36.1 Å². The zero-order valence-electron chi connectivity index (χ0n) is 14.2. The highest BCUT2D eigenvalue weighted by atomic mass is 16.2. The lowest BCUT2D eigenvalue weighted by Gasteiger charge is -2.27. The third-order valence-electron chi connectivity index (χ3n) is 4.43. The van der Waals surface area contributed by atoms with E-state index < -0.39 is 6.04 Å². The van der Waals surface area contributed by atoms with Gasteiger partial charge in [-0.2, -0.15) is 0 Å². The van der Waals surface area contributed by atoms with Gasteiger partial charge in [0.2, 0.25) is 11.8 Å². The molecule has 0 radical (unpaired) electrons. The standard InChI is InChI=1S/C20H23N3O2/c21-19(16-8-2-1-3-9-16)20(25)22-17-10-6-7-15(13-17)14-23-12-5-4-11-18(23)24/h1-3,6-10,13,19H,4-5,11-12,14,21H2,(H,22,25). The molecular weight excluding hydrogens is 314 g/mol. The van der Waals surface area contributed by atoms with Crippen LogP contribution in [0.1, 0.15) is 36.4 Å². The van der Waals surface area contributed by atoms with Crippen LogP contribution in [0.15, 0.2) is 54.6 Å². The van der Waals surface area contributed by atoms with Gasteiger partial charge in [0.15, 0.2) is 0 Å². The molecule has 1 fully saturated rings. The van der Waals surface area contributed by atoms with E-state index in [-0.39, 0.29) is 11.8 Å². The number of hydrogen-bond donors (Lipinski definition) is 2. The third-order valence-corrected chi connectivity index (χ3v) is 4.43. The zero-order valence-corrected chi connectivity index (χ0v) is 14.2. The molecule has 3 N–H and O–H groups in total. The highest BCUT2D eigenvalue weighted by Crippen LogP contribution is 2.18. The van der Waals surface area contributed by atoms with Crippen LogP contribution in [0.25, 0.3) is 0 Å². The maximum atomic E-state index is 12.4. The Bertz CT molecular complexity index is 746. The second-order valence-electron chi connectivity index (χ2n) is 6.35. The molecule has 25 heavy (non-hydrogen) atoms. The molecule has 130 valence electrons. The summed E-state index contributed by atoms with van der Waals surface area (Å²) in [5.74, 6) is -0.0517. The maximum absolute atomic E-state index is 12.4. The number of nitrogens with zero attached hydrogens (tertiary/aromatic N) is 1. The Morgan fingerprint density at radius 3 is 2.68 bits per heavy atom. The van der Waals surface area contributed by atoms with Crippen LogP contribution in [0, 0.1) is 0 Å². The van der Waals surface area contributed by atoms with Crippen LogP contribution in [0.2, 0.25) is 0 Å². The Labute approximate surface area is 147 Å². The molecule has 2 amide bonds. The van der Waals surface area contributed by atoms with Crippen LogP contribution in [0.4, 0.5) is 5.69 Å². The lowest BCUT2D eigenvalue weighted by molar-refractivity contribution is -0.133. The lowest BCUT2D eigenvalue weighted by Crippen LogP contribution is -2.34. The molecule has 1 aliphatic rings. The van der Waals surface area contributed by atoms with E-state index >= 15 is 0 Å². The Morgan fingerprint density at radius 2 is 1.92 bits per heavy atom. The van der Waals surface area contributed by atoms with Crippen LogP contribution in [-0.2, 0) is 16.1 Å². The molecule has 1 aliphatic heterocycles. The molecule has 1 saturated heterocycles. The molecule has 0 aromatic heterocycles. The van der Waals surface area contributed by atoms with Gasteiger partial charge in [-0.1, -0.05) is 42.5 Å². The zero-order chi connectivity index (χ0) is 17.6. The molecule has 0 aliphatic carbocycles. The largest absolute Gasteiger partial charge is 0.338 e. The Balaban J connectivity index is 1.65. The first-order chi connectivity index (χ1) is 12.1. The normalized spacial score (nSPS) is 15.7. The summed E-state index contributed by atoms with van der Waals surface area (Å²) in [5.41, 5.74) is 8.49. The molecular formula is C20H23N3O2. The monoisotopic (exact) mass is 337 g/mol. The Morgan fingerprint density at radius 1 is 1.12 bits per heavy atom. The molecule has 5 heteroatoms. The van der Waals surface area contributed by atoms with Crippen molar-refractivity contribution in [2.75, 3.05) is 11.9 Å². The minimum absolute atomic E-state index is 0.201. The van der Waals surface area contributed by atoms with Crippen molar-refractivity contribution in [1.82, 2.24) is 4.90 Å². The Kier molecular flexibility index (Phi) is 5.46. The number of amides is 2. The number of anilines is 1. The lowest BCUT2D eigenvalue weighted by atomic mass is 10.1. The highest BCUT2D eigenvalue weighted by Gasteiger charge is 2.19. The van der Waals surface area contributed by atoms with Gasteiger partial charge in [0.05, 0.1) is 0 Å². The number of nitrogens with two attached hydrogens (primary N) is 1. The van der Waals surface area contributed by atoms with Crippen molar-refractivity contribution < 1.29 is 9.59 Å². The second kappa shape index (κ2) is 7.94. The first kappa shape index (κ1) is 17.2. The number of hydrogen-bond acceptors (Lipinski definition) is 3. The Hall–Kier alpha value is -2.66. The summed E-state index contributed by atoms with van der Waals surface area (Å²) in [6, 6.07) is 16.1. The summed E-state index contributed by atoms with van der Waals surface area (Å²) in [6.45, 7) is 1.38. The van der Waals surface area contributed by atoms with Gasteiger partial charge in [-0.3, -0.25) is 9.59 Å². The average molecular weight is 337 g/mol. The maximum Gasteiger partial charge on any atom is 0.245 e. The summed E-state index contributed by atoms with van der Waals surface area (Å²) in [5, 5.41) is 2.86. The van der Waals surface area contributed by atoms with Crippen molar-refractivity contribution >= 4 is 17.5 Å². The van der Waals surface area contributed by atoms with Crippen molar-refractivity contribution in [3.63, 3.8) is 0 Å². The molecule has 2 aromatic carbocycles. The van der Waals surface area contributed by atoms with Crippen molar-refractivity contribution in [3.8, 4) is 0 Å². The van der Waals surface area contributed by atoms with E-state index in [0.717, 1.165) is 30.5 Å². The predicted octanol–water partition coefficient (Wildman–Crippen LogP) is 2.84. The van der Waals surface area contributed by atoms with Crippen molar-refractivity contribution in [3.05, 3.63) is 65.7 Å². The summed E-state index contributed by atoms with van der Waals surface area (Å²) < 4.78 is 0. The number of nitrogens with one attached hydrogen (secondary N) is 1. The highest BCUT2D eigenvalue weighted by molar-refractivity contribution is 5.95. The first-order valence-electron chi connectivity index (χ1n) is 8.61. The molecule has 1 unspecified atom stereocenters. The molecule has 2 aromatic rings. The van der Waals surface area contributed by atoms with Gasteiger partial charge >= 0.3 is 0 Å². The summed E-state index contributed by atoms with van der Waals surface area (Å²) in [6.07, 6.45) is 2.65. The topological polar surface area (TPSA) is 75.4 Å². The predicted molar refractivity (Wildman–Crippen MR) is 97.7 cm³/mol. The van der Waals surface area contributed by atoms with Gasteiger partial charge in [0, 0.05) is 25.2 Å². The van der Waals surface area contributed by atoms with Crippen LogP contribution in [0.3, 0.4) is 0 Å². The quantitative estimate of drug-likeness (QED) is 0.881. The fourth-order valence-electron chi connectivity index (χ4n) is 3.03. The first-order valence-corrected chi connectivity index (χ1v) is 8.61. The van der Waals surface area contributed by atoms with Crippen LogP contribution < -0.4 is 11.1 Å². The molecule has 5 nitrogen and oxygen atoms in total. The number of carbonyl (C=O) groups is 2. The summed E-state index contributed by atoms with van der Waals surface area (Å²) in [7, 11) is 0. The van der Waals surface area contributed by atoms with E-state index in [9.17, 15) is 9.59 Å². The molecule has 0 bridgehead atoms. The number of piperidine rings is 1. The van der Waals surface area contributed by atoms with E-state index in [0.29, 0.717) is 18.7 Å². The fraction of sp³-hybridized carbons (Fsp3) is 0.300. The van der Waals surface area contributed by atoms with E-state index in [1.54, 1.807) is 0 Å². The van der Waals surface area contributed by atoms with Crippen LogP contribution >= 0.6 is 0 Å². The molecule has 1 atom stereocenters. The molecule has 0 spiro atoms. The summed E-state index contributed by atoms with van der Waals surface area (Å²) >= 11 is 0. The van der Waals surface area contributed by atoms with Crippen LogP contribution in [-0.4, -0.2) is 23.3 Å². The summed E-state index contributed by atoms with van der Waals surface area (Å²) in [4.78, 5) is 26.2.